The topological polar surface area (TPSA) is 127 Å². The number of fused-ring (bicyclic) bond motifs is 1. The third-order valence-corrected chi connectivity index (χ3v) is 7.24. The summed E-state index contributed by atoms with van der Waals surface area (Å²) < 4.78 is 22.2. The summed E-state index contributed by atoms with van der Waals surface area (Å²) >= 11 is 7.27. The molecule has 0 aliphatic rings. The molecule has 1 amide bonds. The molecule has 8 nitrogen and oxygen atoms in total. The monoisotopic (exact) mass is 516 g/mol. The van der Waals surface area contributed by atoms with Gasteiger partial charge in [-0.3, -0.25) is 4.79 Å². The number of anilines is 2. The maximum Gasteiger partial charge on any atom is 0.254 e. The maximum atomic E-state index is 12.6. The quantitative estimate of drug-likeness (QED) is 0.266. The van der Waals surface area contributed by atoms with E-state index in [1.54, 1.807) is 48.5 Å². The molecule has 4 rings (SSSR count). The van der Waals surface area contributed by atoms with E-state index in [0.29, 0.717) is 42.8 Å². The molecule has 2 aromatic carbocycles. The number of pyridine rings is 1. The Bertz CT molecular complexity index is 1340. The Hall–Kier alpha value is -3.18. The van der Waals surface area contributed by atoms with Crippen LogP contribution < -0.4 is 20.5 Å². The number of aliphatic hydroxyl groups excluding tert-OH is 1. The van der Waals surface area contributed by atoms with Crippen LogP contribution in [0.15, 0.2) is 65.0 Å². The Balaban J connectivity index is 1.48. The second-order valence-electron chi connectivity index (χ2n) is 7.14. The number of hydrogen-bond donors (Lipinski definition) is 4. The van der Waals surface area contributed by atoms with Crippen LogP contribution in [0.1, 0.15) is 15.9 Å². The van der Waals surface area contributed by atoms with Gasteiger partial charge in [0.25, 0.3) is 5.91 Å². The van der Waals surface area contributed by atoms with Crippen molar-refractivity contribution in [2.75, 3.05) is 23.6 Å². The van der Waals surface area contributed by atoms with Crippen molar-refractivity contribution < 1.29 is 18.8 Å². The summed E-state index contributed by atoms with van der Waals surface area (Å²) in [5.41, 5.74) is 7.92. The Morgan fingerprint density at radius 3 is 2.79 bits per heavy atom. The maximum absolute atomic E-state index is 12.6. The minimum absolute atomic E-state index is 0.151. The number of benzene rings is 2. The standard InChI is InChI=1S/C23H21ClN4O4S2/c24-15-4-6-18(7-5-15)34(31)28-16-2-1-3-17(10-16)32-12-14-13-33-21-19(23(30)26-8-9-29)11-27-22(25)20(14)21/h1-7,10-11,13,28-29H,8-9,12H2,(H2,25,27)(H,26,30). The molecule has 1 atom stereocenters. The lowest BCUT2D eigenvalue weighted by Gasteiger charge is -2.10. The molecule has 0 aliphatic carbocycles. The molecule has 5 N–H and O–H groups in total. The average molecular weight is 517 g/mol. The minimum Gasteiger partial charge on any atom is -0.489 e. The second-order valence-corrected chi connectivity index (χ2v) is 9.67. The van der Waals surface area contributed by atoms with Gasteiger partial charge in [-0.15, -0.1) is 11.3 Å². The van der Waals surface area contributed by atoms with E-state index in [4.69, 9.17) is 27.2 Å². The highest BCUT2D eigenvalue weighted by Crippen LogP contribution is 2.33. The normalized spacial score (nSPS) is 11.8. The summed E-state index contributed by atoms with van der Waals surface area (Å²) in [7, 11) is -1.46. The zero-order chi connectivity index (χ0) is 24.1. The van der Waals surface area contributed by atoms with Crippen molar-refractivity contribution in [1.82, 2.24) is 10.3 Å². The summed E-state index contributed by atoms with van der Waals surface area (Å²) in [5.74, 6) is 0.552. The number of aromatic nitrogens is 1. The fourth-order valence-electron chi connectivity index (χ4n) is 3.20. The van der Waals surface area contributed by atoms with E-state index >= 15 is 0 Å². The summed E-state index contributed by atoms with van der Waals surface area (Å²) in [4.78, 5) is 17.2. The van der Waals surface area contributed by atoms with Gasteiger partial charge in [0.2, 0.25) is 0 Å². The van der Waals surface area contributed by atoms with Gasteiger partial charge in [0.05, 0.1) is 27.5 Å². The number of nitrogens with two attached hydrogens (primary N) is 1. The van der Waals surface area contributed by atoms with Gasteiger partial charge in [-0.25, -0.2) is 9.19 Å². The molecule has 4 aromatic rings. The first kappa shape index (κ1) is 24.0. The molecule has 0 spiro atoms. The van der Waals surface area contributed by atoms with Gasteiger partial charge in [0, 0.05) is 34.8 Å². The molecule has 2 heterocycles. The molecule has 2 aromatic heterocycles. The van der Waals surface area contributed by atoms with Gasteiger partial charge in [0.1, 0.15) is 29.2 Å². The number of halogens is 1. The largest absolute Gasteiger partial charge is 0.489 e. The average Bonchev–Trinajstić information content (AvgIpc) is 3.27. The Morgan fingerprint density at radius 1 is 1.24 bits per heavy atom. The SMILES string of the molecule is Nc1ncc(C(=O)NCCO)c2scc(COc3cccc(NS(=O)c4ccc(Cl)cc4)c3)c12. The number of nitrogens with one attached hydrogen (secondary N) is 2. The van der Waals surface area contributed by atoms with Crippen LogP contribution in [-0.4, -0.2) is 33.4 Å². The van der Waals surface area contributed by atoms with Crippen LogP contribution in [0.25, 0.3) is 10.1 Å². The lowest BCUT2D eigenvalue weighted by Crippen LogP contribution is -2.26. The van der Waals surface area contributed by atoms with Crippen LogP contribution in [0.5, 0.6) is 5.75 Å². The van der Waals surface area contributed by atoms with Crippen molar-refractivity contribution in [1.29, 1.82) is 0 Å². The van der Waals surface area contributed by atoms with Gasteiger partial charge >= 0.3 is 0 Å². The summed E-state index contributed by atoms with van der Waals surface area (Å²) in [6.45, 7) is 0.207. The summed E-state index contributed by atoms with van der Waals surface area (Å²) in [5, 5.41) is 14.7. The predicted octanol–water partition coefficient (Wildman–Crippen LogP) is 3.97. The van der Waals surface area contributed by atoms with E-state index < -0.39 is 11.0 Å². The molecule has 0 aliphatic heterocycles. The molecule has 0 saturated heterocycles. The van der Waals surface area contributed by atoms with E-state index in [1.165, 1.54) is 17.5 Å². The van der Waals surface area contributed by atoms with Crippen LogP contribution in [-0.2, 0) is 17.6 Å². The van der Waals surface area contributed by atoms with E-state index in [0.717, 1.165) is 5.56 Å². The van der Waals surface area contributed by atoms with Gasteiger partial charge in [-0.1, -0.05) is 17.7 Å². The fraction of sp³-hybridized carbons (Fsp3) is 0.130. The van der Waals surface area contributed by atoms with Crippen LogP contribution in [0, 0.1) is 0 Å². The van der Waals surface area contributed by atoms with Crippen LogP contribution in [0.2, 0.25) is 5.02 Å². The lowest BCUT2D eigenvalue weighted by molar-refractivity contribution is 0.0946. The smallest absolute Gasteiger partial charge is 0.254 e. The number of nitrogens with zero attached hydrogens (tertiary/aromatic N) is 1. The second kappa shape index (κ2) is 10.8. The summed E-state index contributed by atoms with van der Waals surface area (Å²) in [6.07, 6.45) is 1.43. The minimum atomic E-state index is -1.46. The predicted molar refractivity (Wildman–Crippen MR) is 136 cm³/mol. The van der Waals surface area contributed by atoms with Crippen molar-refractivity contribution in [3.63, 3.8) is 0 Å². The first-order chi connectivity index (χ1) is 16.5. The van der Waals surface area contributed by atoms with Crippen molar-refractivity contribution >= 4 is 61.4 Å². The van der Waals surface area contributed by atoms with Gasteiger partial charge in [-0.2, -0.15) is 0 Å². The number of amides is 1. The zero-order valence-corrected chi connectivity index (χ0v) is 20.2. The highest BCUT2D eigenvalue weighted by Gasteiger charge is 2.17. The number of hydrogen-bond acceptors (Lipinski definition) is 7. The van der Waals surface area contributed by atoms with Gasteiger partial charge in [0.15, 0.2) is 0 Å². The van der Waals surface area contributed by atoms with Gasteiger partial charge < -0.3 is 25.6 Å². The van der Waals surface area contributed by atoms with Crippen molar-refractivity contribution in [3.8, 4) is 5.75 Å². The van der Waals surface area contributed by atoms with E-state index in [1.807, 2.05) is 5.38 Å². The van der Waals surface area contributed by atoms with Crippen LogP contribution in [0.3, 0.4) is 0 Å². The number of nitrogen functional groups attached to an aromatic ring is 1. The van der Waals surface area contributed by atoms with Crippen molar-refractivity contribution in [3.05, 3.63) is 76.3 Å². The van der Waals surface area contributed by atoms with Crippen LogP contribution >= 0.6 is 22.9 Å². The van der Waals surface area contributed by atoms with E-state index in [9.17, 15) is 9.00 Å². The first-order valence-corrected chi connectivity index (χ1v) is 12.6. The molecule has 0 fully saturated rings. The number of ether oxygens (including phenoxy) is 1. The number of rotatable bonds is 9. The third kappa shape index (κ3) is 5.48. The molecular formula is C23H21ClN4O4S2. The molecule has 176 valence electrons. The zero-order valence-electron chi connectivity index (χ0n) is 17.8. The number of thiophene rings is 1. The molecule has 1 unspecified atom stereocenters. The highest BCUT2D eigenvalue weighted by molar-refractivity contribution is 7.86. The highest BCUT2D eigenvalue weighted by atomic mass is 35.5. The lowest BCUT2D eigenvalue weighted by atomic mass is 10.1. The van der Waals surface area contributed by atoms with Crippen LogP contribution in [0.4, 0.5) is 11.5 Å². The van der Waals surface area contributed by atoms with Gasteiger partial charge in [-0.05, 0) is 41.8 Å². The Labute approximate surface area is 207 Å². The Kier molecular flexibility index (Phi) is 7.63. The van der Waals surface area contributed by atoms with E-state index in [-0.39, 0.29) is 25.7 Å². The van der Waals surface area contributed by atoms with Crippen molar-refractivity contribution in [2.24, 2.45) is 0 Å². The summed E-state index contributed by atoms with van der Waals surface area (Å²) in [6, 6.07) is 13.9. The van der Waals surface area contributed by atoms with Crippen molar-refractivity contribution in [2.45, 2.75) is 11.5 Å². The molecule has 11 heteroatoms. The fourth-order valence-corrected chi connectivity index (χ4v) is 5.24. The molecule has 34 heavy (non-hydrogen) atoms. The molecule has 0 saturated carbocycles. The Morgan fingerprint density at radius 2 is 2.03 bits per heavy atom. The first-order valence-electron chi connectivity index (χ1n) is 10.2. The number of aliphatic hydroxyl groups is 1. The number of carbonyl (C=O) groups excluding carboxylic acids is 1. The number of carbonyl (C=O) groups is 1. The molecule has 0 bridgehead atoms. The molecule has 0 radical (unpaired) electrons. The van der Waals surface area contributed by atoms with E-state index in [2.05, 4.69) is 15.0 Å². The third-order valence-electron chi connectivity index (χ3n) is 4.81. The molecular weight excluding hydrogens is 496 g/mol.